The molecule has 6 heteroatoms. The van der Waals surface area contributed by atoms with Crippen molar-refractivity contribution in [1.29, 1.82) is 0 Å². The largest absolute Gasteiger partial charge is 0.495 e. The maximum absolute atomic E-state index is 11.5. The number of carboxylic acids is 1. The summed E-state index contributed by atoms with van der Waals surface area (Å²) in [5, 5.41) is 14.5. The first kappa shape index (κ1) is 14.2. The minimum atomic E-state index is -0.984. The number of carbonyl (C=O) groups is 1. The van der Waals surface area contributed by atoms with Crippen LogP contribution in [0.5, 0.6) is 5.75 Å². The van der Waals surface area contributed by atoms with Crippen molar-refractivity contribution >= 4 is 16.9 Å². The fourth-order valence-corrected chi connectivity index (χ4v) is 2.95. The molecule has 1 aromatic carbocycles. The lowest BCUT2D eigenvalue weighted by Gasteiger charge is -2.05. The highest BCUT2D eigenvalue weighted by atomic mass is 16.5. The van der Waals surface area contributed by atoms with E-state index < -0.39 is 5.97 Å². The third-order valence-corrected chi connectivity index (χ3v) is 4.09. The fraction of sp³-hybridized carbons (Fsp3) is 0.250. The zero-order chi connectivity index (χ0) is 16.0. The van der Waals surface area contributed by atoms with Gasteiger partial charge in [-0.05, 0) is 13.0 Å². The maximum atomic E-state index is 11.5. The van der Waals surface area contributed by atoms with Gasteiger partial charge in [-0.1, -0.05) is 12.1 Å². The predicted molar refractivity (Wildman–Crippen MR) is 83.4 cm³/mol. The van der Waals surface area contributed by atoms with Gasteiger partial charge in [-0.3, -0.25) is 4.68 Å². The van der Waals surface area contributed by atoms with E-state index in [1.54, 1.807) is 18.8 Å². The SMILES string of the molecule is COc1cccc2c(-c3c(C(=O)O)cnn3C)c(C)n(C)c12. The zero-order valence-electron chi connectivity index (χ0n) is 12.9. The molecule has 0 saturated heterocycles. The summed E-state index contributed by atoms with van der Waals surface area (Å²) in [7, 11) is 5.32. The number of aryl methyl sites for hydroxylation is 2. The Morgan fingerprint density at radius 1 is 1.32 bits per heavy atom. The summed E-state index contributed by atoms with van der Waals surface area (Å²) in [6.45, 7) is 1.97. The van der Waals surface area contributed by atoms with E-state index in [4.69, 9.17) is 4.74 Å². The smallest absolute Gasteiger partial charge is 0.339 e. The highest BCUT2D eigenvalue weighted by Crippen LogP contribution is 2.39. The highest BCUT2D eigenvalue weighted by molar-refractivity contribution is 6.05. The first-order valence-corrected chi connectivity index (χ1v) is 6.85. The molecule has 1 N–H and O–H groups in total. The summed E-state index contributed by atoms with van der Waals surface area (Å²) in [4.78, 5) is 11.5. The fourth-order valence-electron chi connectivity index (χ4n) is 2.95. The second kappa shape index (κ2) is 4.91. The minimum Gasteiger partial charge on any atom is -0.495 e. The number of rotatable bonds is 3. The molecule has 3 aromatic rings. The van der Waals surface area contributed by atoms with Crippen molar-refractivity contribution in [2.24, 2.45) is 14.1 Å². The molecule has 0 aliphatic rings. The summed E-state index contributed by atoms with van der Waals surface area (Å²) in [6, 6.07) is 5.77. The van der Waals surface area contributed by atoms with Crippen molar-refractivity contribution in [2.45, 2.75) is 6.92 Å². The van der Waals surface area contributed by atoms with Crippen LogP contribution in [-0.2, 0) is 14.1 Å². The summed E-state index contributed by atoms with van der Waals surface area (Å²) in [5.74, 6) is -0.226. The topological polar surface area (TPSA) is 69.3 Å². The number of aromatic carboxylic acids is 1. The van der Waals surface area contributed by atoms with Crippen molar-refractivity contribution in [3.8, 4) is 17.0 Å². The molecule has 0 spiro atoms. The van der Waals surface area contributed by atoms with Gasteiger partial charge in [0.15, 0.2) is 0 Å². The second-order valence-electron chi connectivity index (χ2n) is 5.21. The highest BCUT2D eigenvalue weighted by Gasteiger charge is 2.24. The van der Waals surface area contributed by atoms with Crippen LogP contribution in [0.2, 0.25) is 0 Å². The molecular formula is C16H17N3O3. The van der Waals surface area contributed by atoms with Crippen LogP contribution in [0, 0.1) is 6.92 Å². The number of carboxylic acid groups (broad SMARTS) is 1. The van der Waals surface area contributed by atoms with Crippen molar-refractivity contribution < 1.29 is 14.6 Å². The van der Waals surface area contributed by atoms with Gasteiger partial charge in [0, 0.05) is 30.7 Å². The molecule has 0 unspecified atom stereocenters. The Balaban J connectivity index is 2.46. The average Bonchev–Trinajstić information content (AvgIpc) is 2.98. The molecule has 0 aliphatic carbocycles. The van der Waals surface area contributed by atoms with Crippen molar-refractivity contribution in [1.82, 2.24) is 14.3 Å². The Labute approximate surface area is 127 Å². The van der Waals surface area contributed by atoms with Crippen LogP contribution in [0.4, 0.5) is 0 Å². The van der Waals surface area contributed by atoms with Crippen LogP contribution in [0.3, 0.4) is 0 Å². The van der Waals surface area contributed by atoms with E-state index in [2.05, 4.69) is 5.10 Å². The Morgan fingerprint density at radius 3 is 2.68 bits per heavy atom. The molecule has 0 bridgehead atoms. The van der Waals surface area contributed by atoms with E-state index in [0.29, 0.717) is 5.69 Å². The van der Waals surface area contributed by atoms with E-state index in [-0.39, 0.29) is 5.56 Å². The third-order valence-electron chi connectivity index (χ3n) is 4.09. The van der Waals surface area contributed by atoms with Gasteiger partial charge in [0.05, 0.1) is 24.5 Å². The number of ether oxygens (including phenoxy) is 1. The summed E-state index contributed by atoms with van der Waals surface area (Å²) in [5.41, 5.74) is 3.57. The Hall–Kier alpha value is -2.76. The van der Waals surface area contributed by atoms with Gasteiger partial charge in [-0.2, -0.15) is 5.10 Å². The first-order chi connectivity index (χ1) is 10.5. The van der Waals surface area contributed by atoms with E-state index >= 15 is 0 Å². The van der Waals surface area contributed by atoms with E-state index in [1.165, 1.54) is 6.20 Å². The quantitative estimate of drug-likeness (QED) is 0.807. The van der Waals surface area contributed by atoms with Crippen LogP contribution >= 0.6 is 0 Å². The van der Waals surface area contributed by atoms with Crippen LogP contribution in [-0.4, -0.2) is 32.5 Å². The Bertz CT molecular complexity index is 890. The number of hydrogen-bond donors (Lipinski definition) is 1. The van der Waals surface area contributed by atoms with Crippen LogP contribution in [0.1, 0.15) is 16.1 Å². The molecule has 0 saturated carbocycles. The molecule has 2 heterocycles. The van der Waals surface area contributed by atoms with Gasteiger partial charge >= 0.3 is 5.97 Å². The number of methoxy groups -OCH3 is 1. The molecule has 22 heavy (non-hydrogen) atoms. The number of nitrogens with zero attached hydrogens (tertiary/aromatic N) is 3. The van der Waals surface area contributed by atoms with Crippen molar-refractivity contribution in [2.75, 3.05) is 7.11 Å². The monoisotopic (exact) mass is 299 g/mol. The number of benzene rings is 1. The van der Waals surface area contributed by atoms with Crippen LogP contribution in [0.15, 0.2) is 24.4 Å². The van der Waals surface area contributed by atoms with Gasteiger partial charge in [-0.15, -0.1) is 0 Å². The first-order valence-electron chi connectivity index (χ1n) is 6.85. The molecule has 114 valence electrons. The number of hydrogen-bond acceptors (Lipinski definition) is 3. The van der Waals surface area contributed by atoms with Crippen molar-refractivity contribution in [3.63, 3.8) is 0 Å². The average molecular weight is 299 g/mol. The Kier molecular flexibility index (Phi) is 3.16. The molecule has 0 fully saturated rings. The van der Waals surface area contributed by atoms with Crippen LogP contribution in [0.25, 0.3) is 22.2 Å². The number of para-hydroxylation sites is 1. The van der Waals surface area contributed by atoms with E-state index in [1.807, 2.05) is 36.7 Å². The summed E-state index contributed by atoms with van der Waals surface area (Å²) < 4.78 is 9.06. The molecule has 0 aliphatic heterocycles. The summed E-state index contributed by atoms with van der Waals surface area (Å²) >= 11 is 0. The Morgan fingerprint density at radius 2 is 2.05 bits per heavy atom. The van der Waals surface area contributed by atoms with E-state index in [0.717, 1.165) is 27.9 Å². The van der Waals surface area contributed by atoms with Gasteiger partial charge in [0.1, 0.15) is 11.3 Å². The number of fused-ring (bicyclic) bond motifs is 1. The predicted octanol–water partition coefficient (Wildman–Crippen LogP) is 2.59. The molecule has 0 radical (unpaired) electrons. The lowest BCUT2D eigenvalue weighted by atomic mass is 10.0. The van der Waals surface area contributed by atoms with Crippen LogP contribution < -0.4 is 4.74 Å². The molecular weight excluding hydrogens is 282 g/mol. The molecule has 6 nitrogen and oxygen atoms in total. The second-order valence-corrected chi connectivity index (χ2v) is 5.21. The minimum absolute atomic E-state index is 0.195. The summed E-state index contributed by atoms with van der Waals surface area (Å²) in [6.07, 6.45) is 1.39. The maximum Gasteiger partial charge on any atom is 0.339 e. The van der Waals surface area contributed by atoms with Crippen molar-refractivity contribution in [3.05, 3.63) is 35.7 Å². The lowest BCUT2D eigenvalue weighted by Crippen LogP contribution is -2.02. The number of aromatic nitrogens is 3. The molecule has 0 amide bonds. The van der Waals surface area contributed by atoms with E-state index in [9.17, 15) is 9.90 Å². The standard InChI is InChI=1S/C16H17N3O3/c1-9-13(15-11(16(20)21)8-17-19(15)3)10-6-5-7-12(22-4)14(10)18(9)2/h5-8H,1-4H3,(H,20,21). The van der Waals surface area contributed by atoms with Gasteiger partial charge in [0.25, 0.3) is 0 Å². The van der Waals surface area contributed by atoms with Gasteiger partial charge < -0.3 is 14.4 Å². The van der Waals surface area contributed by atoms with Gasteiger partial charge in [-0.25, -0.2) is 4.79 Å². The molecule has 3 rings (SSSR count). The lowest BCUT2D eigenvalue weighted by molar-refractivity contribution is 0.0697. The molecule has 0 atom stereocenters. The zero-order valence-corrected chi connectivity index (χ0v) is 12.9. The normalized spacial score (nSPS) is 11.1. The third kappa shape index (κ3) is 1.80. The van der Waals surface area contributed by atoms with Gasteiger partial charge in [0.2, 0.25) is 0 Å². The molecule has 2 aromatic heterocycles.